The Labute approximate surface area is 126 Å². The van der Waals surface area contributed by atoms with Crippen LogP contribution < -0.4 is 5.32 Å². The highest BCUT2D eigenvalue weighted by Gasteiger charge is 2.15. The molecule has 0 saturated heterocycles. The van der Waals surface area contributed by atoms with E-state index in [1.54, 1.807) is 4.52 Å². The van der Waals surface area contributed by atoms with Crippen LogP contribution in [0.3, 0.4) is 0 Å². The van der Waals surface area contributed by atoms with E-state index in [9.17, 15) is 0 Å². The summed E-state index contributed by atoms with van der Waals surface area (Å²) in [6, 6.07) is 11.5. The molecule has 0 bridgehead atoms. The van der Waals surface area contributed by atoms with Gasteiger partial charge in [-0.25, -0.2) is 9.50 Å². The fourth-order valence-electron chi connectivity index (χ4n) is 2.42. The van der Waals surface area contributed by atoms with Crippen LogP contribution >= 0.6 is 11.6 Å². The van der Waals surface area contributed by atoms with Crippen molar-refractivity contribution >= 4 is 23.1 Å². The monoisotopic (exact) mass is 297 g/mol. The Kier molecular flexibility index (Phi) is 2.86. The lowest BCUT2D eigenvalue weighted by Crippen LogP contribution is -2.20. The zero-order chi connectivity index (χ0) is 14.2. The van der Waals surface area contributed by atoms with Crippen molar-refractivity contribution in [3.8, 4) is 11.4 Å². The molecular formula is C15H12ClN5. The fraction of sp³-hybridized carbons (Fsp3) is 0.133. The molecule has 0 atom stereocenters. The molecule has 0 saturated carbocycles. The molecule has 6 heteroatoms. The summed E-state index contributed by atoms with van der Waals surface area (Å²) in [6.07, 6.45) is 1.88. The second kappa shape index (κ2) is 4.86. The quantitative estimate of drug-likeness (QED) is 0.790. The Bertz CT molecular complexity index is 852. The molecule has 2 aromatic heterocycles. The minimum atomic E-state index is 0.656. The van der Waals surface area contributed by atoms with Crippen LogP contribution in [0.1, 0.15) is 5.56 Å². The van der Waals surface area contributed by atoms with Gasteiger partial charge >= 0.3 is 0 Å². The van der Waals surface area contributed by atoms with E-state index in [2.05, 4.69) is 20.4 Å². The zero-order valence-corrected chi connectivity index (χ0v) is 11.9. The standard InChI is InChI=1S/C15H12ClN5/c16-11-4-1-3-10(9-11)13-19-15-12(14-17-6-7-18-14)5-2-8-21(15)20-13/h1-5,8-9H,6-7H2,(H,17,18). The van der Waals surface area contributed by atoms with Gasteiger partial charge in [0.2, 0.25) is 0 Å². The van der Waals surface area contributed by atoms with Crippen molar-refractivity contribution in [2.75, 3.05) is 13.1 Å². The Morgan fingerprint density at radius 3 is 2.95 bits per heavy atom. The zero-order valence-electron chi connectivity index (χ0n) is 11.1. The molecule has 3 heterocycles. The molecule has 0 amide bonds. The largest absolute Gasteiger partial charge is 0.368 e. The molecule has 1 N–H and O–H groups in total. The first kappa shape index (κ1) is 12.3. The molecule has 0 unspecified atom stereocenters. The van der Waals surface area contributed by atoms with E-state index in [1.807, 2.05) is 42.6 Å². The van der Waals surface area contributed by atoms with Gasteiger partial charge in [-0.05, 0) is 24.3 Å². The van der Waals surface area contributed by atoms with Gasteiger partial charge in [-0.1, -0.05) is 23.7 Å². The maximum absolute atomic E-state index is 6.04. The number of fused-ring (bicyclic) bond motifs is 1. The first-order valence-electron chi connectivity index (χ1n) is 6.71. The highest BCUT2D eigenvalue weighted by Crippen LogP contribution is 2.21. The van der Waals surface area contributed by atoms with E-state index in [1.165, 1.54) is 0 Å². The van der Waals surface area contributed by atoms with Gasteiger partial charge in [-0.2, -0.15) is 0 Å². The molecular weight excluding hydrogens is 286 g/mol. The van der Waals surface area contributed by atoms with E-state index in [0.717, 1.165) is 35.7 Å². The smallest absolute Gasteiger partial charge is 0.182 e. The first-order valence-corrected chi connectivity index (χ1v) is 7.09. The number of aliphatic imine (C=N–C) groups is 1. The van der Waals surface area contributed by atoms with Gasteiger partial charge in [-0.15, -0.1) is 5.10 Å². The number of rotatable bonds is 2. The molecule has 0 radical (unpaired) electrons. The lowest BCUT2D eigenvalue weighted by Gasteiger charge is -2.02. The number of hydrogen-bond donors (Lipinski definition) is 1. The third kappa shape index (κ3) is 2.15. The van der Waals surface area contributed by atoms with Crippen molar-refractivity contribution in [1.82, 2.24) is 19.9 Å². The van der Waals surface area contributed by atoms with Crippen molar-refractivity contribution in [3.63, 3.8) is 0 Å². The number of hydrogen-bond acceptors (Lipinski definition) is 4. The predicted molar refractivity (Wildman–Crippen MR) is 82.8 cm³/mol. The van der Waals surface area contributed by atoms with Crippen molar-refractivity contribution in [2.45, 2.75) is 0 Å². The number of aromatic nitrogens is 3. The molecule has 5 nitrogen and oxygen atoms in total. The van der Waals surface area contributed by atoms with Crippen LogP contribution in [0.5, 0.6) is 0 Å². The predicted octanol–water partition coefficient (Wildman–Crippen LogP) is 2.40. The summed E-state index contributed by atoms with van der Waals surface area (Å²) in [6.45, 7) is 1.66. The topological polar surface area (TPSA) is 54.6 Å². The molecule has 1 aliphatic heterocycles. The number of benzene rings is 1. The summed E-state index contributed by atoms with van der Waals surface area (Å²) < 4.78 is 1.77. The van der Waals surface area contributed by atoms with Gasteiger partial charge in [0, 0.05) is 23.3 Å². The Balaban J connectivity index is 1.88. The molecule has 104 valence electrons. The van der Waals surface area contributed by atoms with Gasteiger partial charge in [-0.3, -0.25) is 4.99 Å². The van der Waals surface area contributed by atoms with Crippen LogP contribution in [0.2, 0.25) is 5.02 Å². The van der Waals surface area contributed by atoms with Crippen molar-refractivity contribution in [2.24, 2.45) is 4.99 Å². The average Bonchev–Trinajstić information content (AvgIpc) is 3.16. The summed E-state index contributed by atoms with van der Waals surface area (Å²) >= 11 is 6.04. The van der Waals surface area contributed by atoms with Crippen LogP contribution in [-0.4, -0.2) is 33.5 Å². The normalized spacial score (nSPS) is 14.2. The molecule has 3 aromatic rings. The molecule has 1 aromatic carbocycles. The second-order valence-corrected chi connectivity index (χ2v) is 5.23. The Morgan fingerprint density at radius 2 is 2.14 bits per heavy atom. The highest BCUT2D eigenvalue weighted by molar-refractivity contribution is 6.30. The minimum Gasteiger partial charge on any atom is -0.368 e. The average molecular weight is 298 g/mol. The number of amidine groups is 1. The van der Waals surface area contributed by atoms with E-state index in [-0.39, 0.29) is 0 Å². The maximum Gasteiger partial charge on any atom is 0.182 e. The number of nitrogens with zero attached hydrogens (tertiary/aromatic N) is 4. The van der Waals surface area contributed by atoms with Crippen LogP contribution in [0, 0.1) is 0 Å². The SMILES string of the molecule is Clc1cccc(-c2nc3c(C4=NCCN4)cccn3n2)c1. The van der Waals surface area contributed by atoms with Gasteiger partial charge in [0.1, 0.15) is 5.84 Å². The summed E-state index contributed by atoms with van der Waals surface area (Å²) in [4.78, 5) is 9.10. The van der Waals surface area contributed by atoms with Crippen molar-refractivity contribution < 1.29 is 0 Å². The molecule has 21 heavy (non-hydrogen) atoms. The fourth-order valence-corrected chi connectivity index (χ4v) is 2.61. The van der Waals surface area contributed by atoms with Gasteiger partial charge in [0.05, 0.1) is 12.1 Å². The van der Waals surface area contributed by atoms with Gasteiger partial charge < -0.3 is 5.32 Å². The Hall–Kier alpha value is -2.40. The van der Waals surface area contributed by atoms with Gasteiger partial charge in [0.15, 0.2) is 11.5 Å². The van der Waals surface area contributed by atoms with E-state index in [4.69, 9.17) is 11.6 Å². The number of nitrogens with one attached hydrogen (secondary N) is 1. The molecule has 0 fully saturated rings. The molecule has 0 spiro atoms. The summed E-state index contributed by atoms with van der Waals surface area (Å²) in [5.41, 5.74) is 2.66. The number of halogens is 1. The van der Waals surface area contributed by atoms with Gasteiger partial charge in [0.25, 0.3) is 0 Å². The third-order valence-corrected chi connectivity index (χ3v) is 3.61. The minimum absolute atomic E-state index is 0.656. The van der Waals surface area contributed by atoms with E-state index in [0.29, 0.717) is 10.8 Å². The van der Waals surface area contributed by atoms with Crippen LogP contribution in [0.15, 0.2) is 47.6 Å². The molecule has 1 aliphatic rings. The van der Waals surface area contributed by atoms with Crippen LogP contribution in [-0.2, 0) is 0 Å². The lowest BCUT2D eigenvalue weighted by molar-refractivity contribution is 0.953. The molecule has 4 rings (SSSR count). The van der Waals surface area contributed by atoms with E-state index >= 15 is 0 Å². The Morgan fingerprint density at radius 1 is 1.19 bits per heavy atom. The second-order valence-electron chi connectivity index (χ2n) is 4.79. The van der Waals surface area contributed by atoms with Crippen LogP contribution in [0.4, 0.5) is 0 Å². The first-order chi connectivity index (χ1) is 10.3. The van der Waals surface area contributed by atoms with E-state index < -0.39 is 0 Å². The third-order valence-electron chi connectivity index (χ3n) is 3.37. The molecule has 0 aliphatic carbocycles. The highest BCUT2D eigenvalue weighted by atomic mass is 35.5. The van der Waals surface area contributed by atoms with Crippen molar-refractivity contribution in [3.05, 3.63) is 53.2 Å². The summed E-state index contributed by atoms with van der Waals surface area (Å²) in [5, 5.41) is 8.47. The lowest BCUT2D eigenvalue weighted by atomic mass is 10.2. The van der Waals surface area contributed by atoms with Crippen LogP contribution in [0.25, 0.3) is 17.0 Å². The maximum atomic E-state index is 6.04. The summed E-state index contributed by atoms with van der Waals surface area (Å²) in [7, 11) is 0. The summed E-state index contributed by atoms with van der Waals surface area (Å²) in [5.74, 6) is 1.54. The number of pyridine rings is 1. The van der Waals surface area contributed by atoms with Crippen molar-refractivity contribution in [1.29, 1.82) is 0 Å².